The van der Waals surface area contributed by atoms with Crippen LogP contribution in [-0.4, -0.2) is 69.2 Å². The molecule has 7 unspecified atom stereocenters. The number of imide groups is 1. The minimum Gasteiger partial charge on any atom is -0.484 e. The molecule has 3 aromatic rings. The standard InChI is InChI=1S/C33H31N3O9S2/c1-3-44-32(42)16-4-8-17(9-5-16)34-21(37)13-45-18-10-6-15(7-11-18)22-23-19-12-20(26(23)46-28-27(22)47-33(43)35-28)25-24(19)29(38)36(30(25)39)14(2)31(40)41/h4-11,14,19-20,22-26H,3,12-13H2,1-2H3,(H,34,37)(H,35,43)(H,40,41)/t14?,19?,20?,22-,23?,24?,25?,26?/m1/s1. The van der Waals surface area contributed by atoms with Crippen molar-refractivity contribution in [2.24, 2.45) is 29.6 Å². The van der Waals surface area contributed by atoms with Gasteiger partial charge in [0.1, 0.15) is 11.8 Å². The van der Waals surface area contributed by atoms with Crippen LogP contribution in [0.15, 0.2) is 58.4 Å². The average molecular weight is 678 g/mol. The van der Waals surface area contributed by atoms with Gasteiger partial charge in [-0.05, 0) is 80.0 Å². The van der Waals surface area contributed by atoms with E-state index in [0.29, 0.717) is 23.4 Å². The molecule has 14 heteroatoms. The Balaban J connectivity index is 1.07. The topological polar surface area (TPSA) is 172 Å². The number of likely N-dealkylation sites (tertiary alicyclic amines) is 1. The first-order chi connectivity index (χ1) is 22.6. The monoisotopic (exact) mass is 677 g/mol. The molecule has 3 N–H and O–H groups in total. The SMILES string of the molecule is CCOC(=O)c1ccc(NC(=O)COc2ccc([C@H]3c4sc(=O)[nH]c4SC4C5CC(C6C(=O)N(C(C)C(=O)O)C(=O)C56)C43)cc2)cc1. The third-order valence-corrected chi connectivity index (χ3v) is 12.4. The fraction of sp³-hybridized carbons (Fsp3) is 0.394. The van der Waals surface area contributed by atoms with Crippen LogP contribution in [0.2, 0.25) is 0 Å². The molecule has 8 atom stereocenters. The van der Waals surface area contributed by atoms with Crippen LogP contribution in [0.3, 0.4) is 0 Å². The van der Waals surface area contributed by atoms with Crippen LogP contribution in [0.5, 0.6) is 5.75 Å². The maximum Gasteiger partial charge on any atom is 0.338 e. The number of aromatic nitrogens is 1. The minimum atomic E-state index is -1.23. The van der Waals surface area contributed by atoms with Crippen molar-refractivity contribution in [2.75, 3.05) is 18.5 Å². The second-order valence-corrected chi connectivity index (χ2v) is 14.4. The van der Waals surface area contributed by atoms with Crippen molar-refractivity contribution in [1.29, 1.82) is 0 Å². The summed E-state index contributed by atoms with van der Waals surface area (Å²) in [5.41, 5.74) is 1.81. The number of H-pyrrole nitrogens is 1. The Morgan fingerprint density at radius 2 is 1.70 bits per heavy atom. The summed E-state index contributed by atoms with van der Waals surface area (Å²) in [6.45, 7) is 3.11. The van der Waals surface area contributed by atoms with E-state index >= 15 is 0 Å². The van der Waals surface area contributed by atoms with Crippen LogP contribution in [0.1, 0.15) is 47.0 Å². The first-order valence-corrected chi connectivity index (χ1v) is 17.1. The summed E-state index contributed by atoms with van der Waals surface area (Å²) in [6, 6.07) is 12.4. The van der Waals surface area contributed by atoms with Crippen molar-refractivity contribution in [3.63, 3.8) is 0 Å². The second-order valence-electron chi connectivity index (χ2n) is 12.2. The number of anilines is 1. The van der Waals surface area contributed by atoms with Gasteiger partial charge in [0, 0.05) is 21.7 Å². The molecule has 244 valence electrons. The molecule has 2 aliphatic carbocycles. The first kappa shape index (κ1) is 31.2. The van der Waals surface area contributed by atoms with Gasteiger partial charge in [-0.25, -0.2) is 9.59 Å². The normalized spacial score (nSPS) is 27.5. The van der Waals surface area contributed by atoms with Gasteiger partial charge in [0.25, 0.3) is 5.91 Å². The van der Waals surface area contributed by atoms with E-state index in [-0.39, 0.29) is 52.9 Å². The lowest BCUT2D eigenvalue weighted by Gasteiger charge is -2.43. The number of amides is 3. The molecule has 7 rings (SSSR count). The van der Waals surface area contributed by atoms with Crippen LogP contribution in [0, 0.1) is 29.6 Å². The average Bonchev–Trinajstić information content (AvgIpc) is 3.79. The summed E-state index contributed by atoms with van der Waals surface area (Å²) in [4.78, 5) is 80.3. The lowest BCUT2D eigenvalue weighted by atomic mass is 9.68. The van der Waals surface area contributed by atoms with Crippen molar-refractivity contribution < 1.29 is 38.6 Å². The Bertz CT molecular complexity index is 1840. The molecule has 2 bridgehead atoms. The van der Waals surface area contributed by atoms with Crippen molar-refractivity contribution in [2.45, 2.75) is 42.5 Å². The van der Waals surface area contributed by atoms with Crippen LogP contribution in [0.25, 0.3) is 0 Å². The van der Waals surface area contributed by atoms with E-state index in [2.05, 4.69) is 10.3 Å². The predicted molar refractivity (Wildman–Crippen MR) is 170 cm³/mol. The number of nitrogens with one attached hydrogen (secondary N) is 2. The van der Waals surface area contributed by atoms with Gasteiger partial charge in [-0.2, -0.15) is 0 Å². The van der Waals surface area contributed by atoms with E-state index in [9.17, 15) is 33.9 Å². The largest absolute Gasteiger partial charge is 0.484 e. The molecule has 1 saturated heterocycles. The highest BCUT2D eigenvalue weighted by molar-refractivity contribution is 8.00. The zero-order chi connectivity index (χ0) is 33.1. The van der Waals surface area contributed by atoms with Crippen molar-refractivity contribution >= 4 is 58.4 Å². The number of carbonyl (C=O) groups excluding carboxylic acids is 4. The molecule has 47 heavy (non-hydrogen) atoms. The molecule has 3 amide bonds. The number of nitrogens with zero attached hydrogens (tertiary/aromatic N) is 1. The Morgan fingerprint density at radius 3 is 2.36 bits per heavy atom. The molecular formula is C33H31N3O9S2. The van der Waals surface area contributed by atoms with E-state index in [1.807, 2.05) is 12.1 Å². The zero-order valence-electron chi connectivity index (χ0n) is 25.3. The number of rotatable bonds is 9. The molecule has 3 fully saturated rings. The highest BCUT2D eigenvalue weighted by atomic mass is 32.2. The number of carboxylic acids is 1. The third kappa shape index (κ3) is 5.23. The maximum absolute atomic E-state index is 13.6. The fourth-order valence-corrected chi connectivity index (χ4v) is 10.8. The van der Waals surface area contributed by atoms with E-state index in [1.54, 1.807) is 55.1 Å². The third-order valence-electron chi connectivity index (χ3n) is 9.79. The molecule has 2 aromatic carbocycles. The maximum atomic E-state index is 13.6. The molecule has 2 aliphatic heterocycles. The van der Waals surface area contributed by atoms with Gasteiger partial charge >= 0.3 is 16.8 Å². The number of ether oxygens (including phenoxy) is 2. The van der Waals surface area contributed by atoms with Gasteiger partial charge in [0.15, 0.2) is 6.61 Å². The Morgan fingerprint density at radius 1 is 1.02 bits per heavy atom. The van der Waals surface area contributed by atoms with E-state index in [0.717, 1.165) is 31.7 Å². The van der Waals surface area contributed by atoms with Gasteiger partial charge in [-0.15, -0.1) is 11.8 Å². The number of benzene rings is 2. The van der Waals surface area contributed by atoms with E-state index < -0.39 is 41.6 Å². The smallest absolute Gasteiger partial charge is 0.338 e. The van der Waals surface area contributed by atoms with Crippen molar-refractivity contribution in [1.82, 2.24) is 9.88 Å². The molecule has 4 aliphatic rings. The first-order valence-electron chi connectivity index (χ1n) is 15.4. The highest BCUT2D eigenvalue weighted by Crippen LogP contribution is 2.68. The van der Waals surface area contributed by atoms with Crippen LogP contribution in [0.4, 0.5) is 5.69 Å². The van der Waals surface area contributed by atoms with E-state index in [1.165, 1.54) is 6.92 Å². The van der Waals surface area contributed by atoms with Crippen LogP contribution >= 0.6 is 23.1 Å². The number of thiazole rings is 1. The molecular weight excluding hydrogens is 647 g/mol. The Kier molecular flexibility index (Phi) is 7.95. The quantitative estimate of drug-likeness (QED) is 0.225. The number of esters is 1. The summed E-state index contributed by atoms with van der Waals surface area (Å²) < 4.78 is 10.7. The molecule has 0 spiro atoms. The molecule has 0 radical (unpaired) electrons. The minimum absolute atomic E-state index is 0.0215. The van der Waals surface area contributed by atoms with Crippen LogP contribution in [-0.2, 0) is 23.9 Å². The van der Waals surface area contributed by atoms with Gasteiger partial charge in [-0.3, -0.25) is 24.1 Å². The Hall–Kier alpha value is -4.43. The summed E-state index contributed by atoms with van der Waals surface area (Å²) in [5, 5.41) is 13.1. The second kappa shape index (κ2) is 12.0. The zero-order valence-corrected chi connectivity index (χ0v) is 27.0. The highest BCUT2D eigenvalue weighted by Gasteiger charge is 2.70. The van der Waals surface area contributed by atoms with Crippen LogP contribution < -0.4 is 14.9 Å². The van der Waals surface area contributed by atoms with Gasteiger partial charge in [0.05, 0.1) is 29.0 Å². The fourth-order valence-electron chi connectivity index (χ4n) is 7.93. The lowest BCUT2D eigenvalue weighted by Crippen LogP contribution is -2.44. The molecule has 12 nitrogen and oxygen atoms in total. The van der Waals surface area contributed by atoms with Crippen molar-refractivity contribution in [3.05, 3.63) is 74.2 Å². The number of aromatic amines is 1. The predicted octanol–water partition coefficient (Wildman–Crippen LogP) is 3.58. The number of hydrogen-bond acceptors (Lipinski definition) is 10. The van der Waals surface area contributed by atoms with Gasteiger partial charge in [0.2, 0.25) is 11.8 Å². The number of hydrogen-bond donors (Lipinski definition) is 3. The number of aliphatic carboxylic acids is 1. The molecule has 2 saturated carbocycles. The summed E-state index contributed by atoms with van der Waals surface area (Å²) in [7, 11) is 0. The Labute approximate surface area is 276 Å². The summed E-state index contributed by atoms with van der Waals surface area (Å²) >= 11 is 2.71. The van der Waals surface area contributed by atoms with Gasteiger partial charge in [-0.1, -0.05) is 23.5 Å². The number of carbonyl (C=O) groups is 5. The number of thioether (sulfide) groups is 1. The summed E-state index contributed by atoms with van der Waals surface area (Å²) in [5.74, 6) is -3.98. The van der Waals surface area contributed by atoms with Crippen molar-refractivity contribution in [3.8, 4) is 5.75 Å². The van der Waals surface area contributed by atoms with Gasteiger partial charge < -0.3 is 24.9 Å². The molecule has 3 heterocycles. The molecule has 1 aromatic heterocycles. The lowest BCUT2D eigenvalue weighted by molar-refractivity contribution is -0.154. The number of carboxylic acid groups (broad SMARTS) is 1. The summed E-state index contributed by atoms with van der Waals surface area (Å²) in [6.07, 6.45) is 0.696. The van der Waals surface area contributed by atoms with E-state index in [4.69, 9.17) is 9.47 Å². The number of fused-ring (bicyclic) bond motifs is 9.